The van der Waals surface area contributed by atoms with Crippen molar-refractivity contribution in [2.24, 2.45) is 17.2 Å². The first-order valence-electron chi connectivity index (χ1n) is 14.1. The van der Waals surface area contributed by atoms with Crippen molar-refractivity contribution in [1.29, 1.82) is 0 Å². The number of carboxylic acid groups (broad SMARTS) is 2. The van der Waals surface area contributed by atoms with Crippen LogP contribution < -0.4 is 21.9 Å². The van der Waals surface area contributed by atoms with Crippen LogP contribution in [0.2, 0.25) is 0 Å². The van der Waals surface area contributed by atoms with Gasteiger partial charge in [0.25, 0.3) is 0 Å². The van der Waals surface area contributed by atoms with Gasteiger partial charge in [0.2, 0.25) is 0 Å². The highest BCUT2D eigenvalue weighted by Crippen LogP contribution is 2.11. The van der Waals surface area contributed by atoms with Crippen LogP contribution >= 0.6 is 0 Å². The van der Waals surface area contributed by atoms with Crippen LogP contribution in [0, 0.1) is 0 Å². The number of rotatable bonds is 14. The van der Waals surface area contributed by atoms with E-state index in [0.717, 1.165) is 62.9 Å². The van der Waals surface area contributed by atoms with Gasteiger partial charge in [0.1, 0.15) is 18.1 Å². The van der Waals surface area contributed by atoms with Gasteiger partial charge in [0, 0.05) is 5.56 Å². The zero-order valence-electron chi connectivity index (χ0n) is 24.6. The summed E-state index contributed by atoms with van der Waals surface area (Å²) in [4.78, 5) is 30.6. The lowest BCUT2D eigenvalue weighted by Crippen LogP contribution is -2.29. The SMILES string of the molecule is CCCCOc1ccc(C=O)cc1.NCCCCC(N)C(=O)O.NCCc1ccccc1.O=C(O)Cc1ccccc1. The Morgan fingerprint density at radius 3 is 1.83 bits per heavy atom. The molecule has 0 saturated heterocycles. The fourth-order valence-corrected chi connectivity index (χ4v) is 3.19. The van der Waals surface area contributed by atoms with Crippen LogP contribution in [0.25, 0.3) is 0 Å². The fourth-order valence-electron chi connectivity index (χ4n) is 3.19. The minimum absolute atomic E-state index is 0.112. The average molecular weight is 582 g/mol. The van der Waals surface area contributed by atoms with Crippen molar-refractivity contribution >= 4 is 18.2 Å². The van der Waals surface area contributed by atoms with Crippen molar-refractivity contribution in [3.8, 4) is 5.75 Å². The van der Waals surface area contributed by atoms with Gasteiger partial charge in [-0.15, -0.1) is 0 Å². The summed E-state index contributed by atoms with van der Waals surface area (Å²) < 4.78 is 5.43. The van der Waals surface area contributed by atoms with Crippen LogP contribution in [-0.2, 0) is 22.4 Å². The molecule has 0 aliphatic heterocycles. The summed E-state index contributed by atoms with van der Waals surface area (Å²) in [6.07, 6.45) is 6.29. The summed E-state index contributed by atoms with van der Waals surface area (Å²) in [5.74, 6) is -0.887. The summed E-state index contributed by atoms with van der Waals surface area (Å²) in [6, 6.07) is 25.8. The highest BCUT2D eigenvalue weighted by molar-refractivity contribution is 5.74. The Balaban J connectivity index is 0.000000539. The summed E-state index contributed by atoms with van der Waals surface area (Å²) in [6.45, 7) is 4.21. The van der Waals surface area contributed by atoms with Gasteiger partial charge in [-0.2, -0.15) is 0 Å². The van der Waals surface area contributed by atoms with Gasteiger partial charge in [-0.05, 0) is 74.2 Å². The van der Waals surface area contributed by atoms with E-state index in [9.17, 15) is 14.4 Å². The van der Waals surface area contributed by atoms with Crippen molar-refractivity contribution in [1.82, 2.24) is 0 Å². The Morgan fingerprint density at radius 2 is 1.38 bits per heavy atom. The first-order chi connectivity index (χ1) is 20.3. The van der Waals surface area contributed by atoms with Crippen molar-refractivity contribution in [3.63, 3.8) is 0 Å². The second-order valence-corrected chi connectivity index (χ2v) is 9.20. The lowest BCUT2D eigenvalue weighted by molar-refractivity contribution is -0.139. The third kappa shape index (κ3) is 21.7. The number of hydrogen-bond donors (Lipinski definition) is 5. The number of hydrogen-bond acceptors (Lipinski definition) is 7. The number of ether oxygens (including phenoxy) is 1. The van der Waals surface area contributed by atoms with E-state index in [2.05, 4.69) is 19.1 Å². The molecule has 0 saturated carbocycles. The normalized spacial score (nSPS) is 10.3. The third-order valence-corrected chi connectivity index (χ3v) is 5.54. The largest absolute Gasteiger partial charge is 0.494 e. The highest BCUT2D eigenvalue weighted by Gasteiger charge is 2.09. The van der Waals surface area contributed by atoms with E-state index in [0.29, 0.717) is 18.5 Å². The standard InChI is InChI=1S/C11H14O2.C8H11N.C8H8O2.C6H14N2O2/c1-2-3-8-13-11-6-4-10(9-12)5-7-11;9-7-6-8-4-2-1-3-5-8;9-8(10)6-7-4-2-1-3-5-7;7-4-2-1-3-5(8)6(9)10/h4-7,9H,2-3,8H2,1H3;1-5H,6-7,9H2;1-5H,6H2,(H,9,10);5H,1-4,7-8H2,(H,9,10). The fraction of sp³-hybridized carbons (Fsp3) is 0.364. The number of nitrogens with two attached hydrogens (primary N) is 3. The molecule has 9 heteroatoms. The Kier molecular flexibility index (Phi) is 23.4. The number of aldehydes is 1. The molecule has 8 N–H and O–H groups in total. The lowest BCUT2D eigenvalue weighted by Gasteiger charge is -2.04. The molecule has 42 heavy (non-hydrogen) atoms. The highest BCUT2D eigenvalue weighted by atomic mass is 16.5. The maximum Gasteiger partial charge on any atom is 0.320 e. The van der Waals surface area contributed by atoms with Crippen LogP contribution in [0.4, 0.5) is 0 Å². The molecule has 0 aliphatic carbocycles. The molecule has 0 heterocycles. The van der Waals surface area contributed by atoms with Gasteiger partial charge in [-0.3, -0.25) is 14.4 Å². The molecule has 0 bridgehead atoms. The van der Waals surface area contributed by atoms with Crippen molar-refractivity contribution in [3.05, 3.63) is 102 Å². The van der Waals surface area contributed by atoms with E-state index in [1.807, 2.05) is 48.5 Å². The predicted molar refractivity (Wildman–Crippen MR) is 168 cm³/mol. The molecule has 9 nitrogen and oxygen atoms in total. The molecule has 0 aromatic heterocycles. The van der Waals surface area contributed by atoms with E-state index in [-0.39, 0.29) is 6.42 Å². The van der Waals surface area contributed by atoms with Gasteiger partial charge >= 0.3 is 11.9 Å². The molecule has 3 rings (SSSR count). The predicted octanol–water partition coefficient (Wildman–Crippen LogP) is 4.71. The maximum absolute atomic E-state index is 10.3. The molecule has 230 valence electrons. The molecule has 1 unspecified atom stereocenters. The van der Waals surface area contributed by atoms with Gasteiger partial charge in [-0.1, -0.05) is 80.4 Å². The minimum atomic E-state index is -0.933. The molecule has 0 amide bonds. The quantitative estimate of drug-likeness (QED) is 0.133. The molecule has 3 aromatic rings. The van der Waals surface area contributed by atoms with E-state index in [4.69, 9.17) is 32.2 Å². The Hall–Kier alpha value is -4.05. The van der Waals surface area contributed by atoms with E-state index in [1.165, 1.54) is 5.56 Å². The van der Waals surface area contributed by atoms with E-state index < -0.39 is 18.0 Å². The van der Waals surface area contributed by atoms with Crippen LogP contribution in [0.5, 0.6) is 5.75 Å². The van der Waals surface area contributed by atoms with E-state index >= 15 is 0 Å². The Morgan fingerprint density at radius 1 is 0.810 bits per heavy atom. The topological polar surface area (TPSA) is 179 Å². The molecule has 0 radical (unpaired) electrons. The number of carboxylic acids is 2. The van der Waals surface area contributed by atoms with Gasteiger partial charge in [-0.25, -0.2) is 0 Å². The molecular weight excluding hydrogens is 534 g/mol. The second-order valence-electron chi connectivity index (χ2n) is 9.20. The lowest BCUT2D eigenvalue weighted by atomic mass is 10.1. The summed E-state index contributed by atoms with van der Waals surface area (Å²) in [5, 5.41) is 16.7. The summed E-state index contributed by atoms with van der Waals surface area (Å²) in [7, 11) is 0. The number of unbranched alkanes of at least 4 members (excludes halogenated alkanes) is 2. The van der Waals surface area contributed by atoms with Gasteiger partial charge in [0.05, 0.1) is 13.0 Å². The first kappa shape index (κ1) is 38.0. The number of benzene rings is 3. The van der Waals surface area contributed by atoms with Crippen LogP contribution in [-0.4, -0.2) is 54.2 Å². The zero-order valence-corrected chi connectivity index (χ0v) is 24.6. The van der Waals surface area contributed by atoms with Crippen molar-refractivity contribution in [2.45, 2.75) is 57.9 Å². The number of aliphatic carboxylic acids is 2. The Labute approximate surface area is 249 Å². The molecule has 0 spiro atoms. The maximum atomic E-state index is 10.3. The van der Waals surface area contributed by atoms with Crippen molar-refractivity contribution in [2.75, 3.05) is 19.7 Å². The second kappa shape index (κ2) is 25.9. The minimum Gasteiger partial charge on any atom is -0.494 e. The molecule has 3 aromatic carbocycles. The number of carbonyl (C=O) groups is 3. The van der Waals surface area contributed by atoms with Gasteiger partial charge < -0.3 is 32.2 Å². The van der Waals surface area contributed by atoms with Crippen LogP contribution in [0.1, 0.15) is 60.5 Å². The summed E-state index contributed by atoms with van der Waals surface area (Å²) >= 11 is 0. The first-order valence-corrected chi connectivity index (χ1v) is 14.1. The molecule has 1 atom stereocenters. The smallest absolute Gasteiger partial charge is 0.320 e. The molecular formula is C33H47N3O6. The van der Waals surface area contributed by atoms with Gasteiger partial charge in [0.15, 0.2) is 0 Å². The van der Waals surface area contributed by atoms with Crippen LogP contribution in [0.15, 0.2) is 84.9 Å². The van der Waals surface area contributed by atoms with E-state index in [1.54, 1.807) is 24.3 Å². The summed E-state index contributed by atoms with van der Waals surface area (Å²) in [5.41, 5.74) is 18.6. The third-order valence-electron chi connectivity index (χ3n) is 5.54. The monoisotopic (exact) mass is 581 g/mol. The Bertz CT molecular complexity index is 1080. The zero-order chi connectivity index (χ0) is 31.4. The van der Waals surface area contributed by atoms with Crippen LogP contribution in [0.3, 0.4) is 0 Å². The van der Waals surface area contributed by atoms with Crippen molar-refractivity contribution < 1.29 is 29.3 Å². The number of carbonyl (C=O) groups excluding carboxylic acids is 1. The average Bonchev–Trinajstić information content (AvgIpc) is 3.00. The molecule has 0 aliphatic rings. The molecule has 0 fully saturated rings.